The highest BCUT2D eigenvalue weighted by Gasteiger charge is 2.19. The first-order chi connectivity index (χ1) is 7.09. The molecule has 0 aromatic heterocycles. The molecule has 15 heavy (non-hydrogen) atoms. The topological polar surface area (TPSA) is 86.6 Å². The van der Waals surface area contributed by atoms with E-state index in [0.29, 0.717) is 0 Å². The summed E-state index contributed by atoms with van der Waals surface area (Å²) < 4.78 is 21.0. The summed E-state index contributed by atoms with van der Waals surface area (Å²) >= 11 is -2.32. The van der Waals surface area contributed by atoms with E-state index in [1.807, 2.05) is 6.07 Å². The van der Waals surface area contributed by atoms with Crippen molar-refractivity contribution in [3.8, 4) is 0 Å². The molecule has 82 valence electrons. The number of benzene rings is 1. The lowest BCUT2D eigenvalue weighted by molar-refractivity contribution is -0.138. The second kappa shape index (κ2) is 5.59. The van der Waals surface area contributed by atoms with Gasteiger partial charge in [-0.3, -0.25) is 9.35 Å². The van der Waals surface area contributed by atoms with Crippen molar-refractivity contribution in [1.29, 1.82) is 0 Å². The number of carboxylic acid groups (broad SMARTS) is 1. The third-order valence-corrected chi connectivity index (χ3v) is 2.31. The van der Waals surface area contributed by atoms with Crippen molar-refractivity contribution in [3.63, 3.8) is 0 Å². The zero-order valence-electron chi connectivity index (χ0n) is 7.79. The molecule has 0 saturated carbocycles. The van der Waals surface area contributed by atoms with Crippen molar-refractivity contribution in [2.75, 3.05) is 0 Å². The van der Waals surface area contributed by atoms with Crippen molar-refractivity contribution >= 4 is 17.2 Å². The van der Waals surface area contributed by atoms with Gasteiger partial charge in [0.15, 0.2) is 0 Å². The Bertz CT molecular complexity index is 354. The molecule has 0 saturated heterocycles. The Morgan fingerprint density at radius 1 is 1.40 bits per heavy atom. The van der Waals surface area contributed by atoms with Gasteiger partial charge in [-0.25, -0.2) is 4.21 Å². The maximum atomic E-state index is 10.7. The van der Waals surface area contributed by atoms with Crippen molar-refractivity contribution in [3.05, 3.63) is 35.9 Å². The molecule has 1 aromatic rings. The Morgan fingerprint density at radius 3 is 2.47 bits per heavy atom. The fourth-order valence-corrected chi connectivity index (χ4v) is 1.58. The van der Waals surface area contributed by atoms with E-state index < -0.39 is 23.3 Å². The highest BCUT2D eigenvalue weighted by atomic mass is 32.2. The fraction of sp³-hybridized carbons (Fsp3) is 0.222. The number of rotatable bonds is 5. The van der Waals surface area contributed by atoms with Gasteiger partial charge in [0.2, 0.25) is 11.3 Å². The van der Waals surface area contributed by atoms with Gasteiger partial charge < -0.3 is 5.11 Å². The van der Waals surface area contributed by atoms with Crippen LogP contribution in [0.1, 0.15) is 5.56 Å². The molecule has 0 fully saturated rings. The van der Waals surface area contributed by atoms with Crippen LogP contribution < -0.4 is 4.72 Å². The molecule has 1 unspecified atom stereocenters. The minimum absolute atomic E-state index is 0.169. The average molecular weight is 229 g/mol. The van der Waals surface area contributed by atoms with Crippen molar-refractivity contribution in [1.82, 2.24) is 4.72 Å². The Hall–Kier alpha value is -1.24. The van der Waals surface area contributed by atoms with Gasteiger partial charge in [0, 0.05) is 0 Å². The molecule has 0 radical (unpaired) electrons. The van der Waals surface area contributed by atoms with Crippen LogP contribution in [0.2, 0.25) is 0 Å². The third-order valence-electron chi connectivity index (χ3n) is 1.82. The van der Waals surface area contributed by atoms with Gasteiger partial charge in [-0.2, -0.15) is 4.72 Å². The van der Waals surface area contributed by atoms with E-state index in [-0.39, 0.29) is 6.42 Å². The minimum atomic E-state index is -2.32. The molecule has 0 heterocycles. The quantitative estimate of drug-likeness (QED) is 0.638. The zero-order chi connectivity index (χ0) is 11.3. The normalized spacial score (nSPS) is 14.5. The van der Waals surface area contributed by atoms with Gasteiger partial charge >= 0.3 is 5.97 Å². The van der Waals surface area contributed by atoms with E-state index in [1.165, 1.54) is 0 Å². The van der Waals surface area contributed by atoms with E-state index in [0.717, 1.165) is 5.56 Å². The van der Waals surface area contributed by atoms with Crippen LogP contribution in [0.5, 0.6) is 0 Å². The van der Waals surface area contributed by atoms with Crippen molar-refractivity contribution in [2.24, 2.45) is 0 Å². The smallest absolute Gasteiger partial charge is 0.322 e. The minimum Gasteiger partial charge on any atom is -0.480 e. The number of hydrogen-bond donors (Lipinski definition) is 3. The van der Waals surface area contributed by atoms with Crippen LogP contribution in [-0.2, 0) is 22.5 Å². The summed E-state index contributed by atoms with van der Waals surface area (Å²) in [5.74, 6) is -1.15. The molecule has 3 N–H and O–H groups in total. The van der Waals surface area contributed by atoms with E-state index in [1.54, 1.807) is 24.3 Å². The highest BCUT2D eigenvalue weighted by molar-refractivity contribution is 7.77. The Balaban J connectivity index is 2.67. The van der Waals surface area contributed by atoms with Gasteiger partial charge in [0.25, 0.3) is 0 Å². The Morgan fingerprint density at radius 2 is 2.00 bits per heavy atom. The predicted molar refractivity (Wildman–Crippen MR) is 55.5 cm³/mol. The maximum absolute atomic E-state index is 10.7. The Kier molecular flexibility index (Phi) is 4.41. The average Bonchev–Trinajstić information content (AvgIpc) is 2.17. The number of nitrogens with one attached hydrogen (secondary N) is 1. The summed E-state index contributed by atoms with van der Waals surface area (Å²) in [6.07, 6.45) is 0.169. The third kappa shape index (κ3) is 4.20. The van der Waals surface area contributed by atoms with Crippen LogP contribution in [0.3, 0.4) is 0 Å². The lowest BCUT2D eigenvalue weighted by atomic mass is 10.1. The molecule has 0 aliphatic heterocycles. The standard InChI is InChI=1S/C9H11NO4S/c11-9(12)8(10-15(13)14)6-7-4-2-1-3-5-7/h1-5,8,10H,6H2,(H,11,12)(H,13,14)/t8-/m1/s1. The number of carboxylic acids is 1. The number of aliphatic carboxylic acids is 1. The summed E-state index contributed by atoms with van der Waals surface area (Å²) in [7, 11) is 0. The molecular formula is C9H11NO4S. The molecular weight excluding hydrogens is 218 g/mol. The lowest BCUT2D eigenvalue weighted by Gasteiger charge is -2.11. The largest absolute Gasteiger partial charge is 0.480 e. The van der Waals surface area contributed by atoms with Gasteiger partial charge in [-0.05, 0) is 12.0 Å². The fourth-order valence-electron chi connectivity index (χ4n) is 1.15. The summed E-state index contributed by atoms with van der Waals surface area (Å²) in [6, 6.07) is 7.85. The number of carbonyl (C=O) groups is 1. The Labute approximate surface area is 89.5 Å². The molecule has 0 spiro atoms. The van der Waals surface area contributed by atoms with E-state index in [4.69, 9.17) is 9.66 Å². The molecule has 0 bridgehead atoms. The lowest BCUT2D eigenvalue weighted by Crippen LogP contribution is -2.39. The summed E-state index contributed by atoms with van der Waals surface area (Å²) in [5.41, 5.74) is 0.794. The van der Waals surface area contributed by atoms with E-state index in [2.05, 4.69) is 4.72 Å². The first kappa shape index (κ1) is 11.8. The van der Waals surface area contributed by atoms with Crippen LogP contribution >= 0.6 is 0 Å². The first-order valence-electron chi connectivity index (χ1n) is 4.23. The van der Waals surface area contributed by atoms with Gasteiger partial charge in [-0.1, -0.05) is 30.3 Å². The van der Waals surface area contributed by atoms with Crippen LogP contribution in [0.25, 0.3) is 0 Å². The predicted octanol–water partition coefficient (Wildman–Crippen LogP) is 0.409. The number of hydrogen-bond acceptors (Lipinski definition) is 2. The molecule has 1 rings (SSSR count). The summed E-state index contributed by atoms with van der Waals surface area (Å²) in [6.45, 7) is 0. The van der Waals surface area contributed by atoms with Gasteiger partial charge in [0.05, 0.1) is 0 Å². The zero-order valence-corrected chi connectivity index (χ0v) is 8.61. The monoisotopic (exact) mass is 229 g/mol. The SMILES string of the molecule is O=C(O)[C@@H](Cc1ccccc1)NS(=O)O. The molecule has 0 aliphatic rings. The van der Waals surface area contributed by atoms with E-state index >= 15 is 0 Å². The first-order valence-corrected chi connectivity index (χ1v) is 5.34. The molecule has 1 aromatic carbocycles. The molecule has 6 heteroatoms. The van der Waals surface area contributed by atoms with Crippen LogP contribution in [0.15, 0.2) is 30.3 Å². The van der Waals surface area contributed by atoms with Crippen LogP contribution in [0.4, 0.5) is 0 Å². The maximum Gasteiger partial charge on any atom is 0.322 e. The molecule has 5 nitrogen and oxygen atoms in total. The molecule has 0 aliphatic carbocycles. The van der Waals surface area contributed by atoms with Crippen molar-refractivity contribution < 1.29 is 18.7 Å². The van der Waals surface area contributed by atoms with Crippen LogP contribution in [-0.4, -0.2) is 25.9 Å². The second-order valence-corrected chi connectivity index (χ2v) is 3.68. The summed E-state index contributed by atoms with van der Waals surface area (Å²) in [4.78, 5) is 10.7. The molecule has 2 atom stereocenters. The molecule has 0 amide bonds. The summed E-state index contributed by atoms with van der Waals surface area (Å²) in [5, 5.41) is 8.78. The van der Waals surface area contributed by atoms with E-state index in [9.17, 15) is 9.00 Å². The van der Waals surface area contributed by atoms with Gasteiger partial charge in [-0.15, -0.1) is 0 Å². The second-order valence-electron chi connectivity index (χ2n) is 2.95. The van der Waals surface area contributed by atoms with Crippen molar-refractivity contribution in [2.45, 2.75) is 12.5 Å². The van der Waals surface area contributed by atoms with Crippen LogP contribution in [0, 0.1) is 0 Å². The van der Waals surface area contributed by atoms with Gasteiger partial charge in [0.1, 0.15) is 6.04 Å². The highest BCUT2D eigenvalue weighted by Crippen LogP contribution is 2.03.